The van der Waals surface area contributed by atoms with E-state index >= 15 is 0 Å². The van der Waals surface area contributed by atoms with Crippen LogP contribution in [0.5, 0.6) is 0 Å². The molecule has 0 unspecified atom stereocenters. The molecule has 2 atom stereocenters. The summed E-state index contributed by atoms with van der Waals surface area (Å²) in [5.41, 5.74) is 0.146. The monoisotopic (exact) mass is 210 g/mol. The van der Waals surface area contributed by atoms with Crippen molar-refractivity contribution in [3.8, 4) is 0 Å². The molecule has 2 aliphatic carbocycles. The van der Waals surface area contributed by atoms with Gasteiger partial charge in [0.1, 0.15) is 0 Å². The van der Waals surface area contributed by atoms with Crippen LogP contribution in [0.4, 0.5) is 0 Å². The van der Waals surface area contributed by atoms with Crippen LogP contribution in [0.25, 0.3) is 0 Å². The van der Waals surface area contributed by atoms with Crippen molar-refractivity contribution in [2.75, 3.05) is 0 Å². The molecule has 1 N–H and O–H groups in total. The van der Waals surface area contributed by atoms with Crippen LogP contribution in [0.3, 0.4) is 0 Å². The van der Waals surface area contributed by atoms with E-state index in [1.807, 2.05) is 0 Å². The summed E-state index contributed by atoms with van der Waals surface area (Å²) in [6, 6.07) is 0. The van der Waals surface area contributed by atoms with Gasteiger partial charge in [-0.15, -0.1) is 0 Å². The lowest BCUT2D eigenvalue weighted by Crippen LogP contribution is -2.18. The Morgan fingerprint density at radius 2 is 1.80 bits per heavy atom. The van der Waals surface area contributed by atoms with Crippen LogP contribution >= 0.6 is 0 Å². The minimum Gasteiger partial charge on any atom is -0.389 e. The van der Waals surface area contributed by atoms with Gasteiger partial charge in [-0.05, 0) is 25.7 Å². The van der Waals surface area contributed by atoms with Gasteiger partial charge in [0.25, 0.3) is 0 Å². The third-order valence-corrected chi connectivity index (χ3v) is 4.75. The van der Waals surface area contributed by atoms with Crippen molar-refractivity contribution in [1.82, 2.24) is 0 Å². The molecule has 0 aromatic heterocycles. The molecular formula is C14H26O. The molecule has 2 aliphatic rings. The van der Waals surface area contributed by atoms with E-state index in [4.69, 9.17) is 0 Å². The molecule has 0 bridgehead atoms. The Kier molecular flexibility index (Phi) is 3.39. The Morgan fingerprint density at radius 1 is 1.00 bits per heavy atom. The minimum absolute atomic E-state index is 0.226. The van der Waals surface area contributed by atoms with Crippen molar-refractivity contribution < 1.29 is 5.11 Å². The highest BCUT2D eigenvalue weighted by Crippen LogP contribution is 2.65. The lowest BCUT2D eigenvalue weighted by Gasteiger charge is -2.19. The minimum atomic E-state index is -0.226. The van der Waals surface area contributed by atoms with Crippen LogP contribution in [0.1, 0.15) is 77.6 Å². The summed E-state index contributed by atoms with van der Waals surface area (Å²) in [5.74, 6) is 0. The number of hydrogen-bond acceptors (Lipinski definition) is 1. The summed E-state index contributed by atoms with van der Waals surface area (Å²) in [6.07, 6.45) is 14.2. The van der Waals surface area contributed by atoms with Crippen LogP contribution in [0.15, 0.2) is 0 Å². The van der Waals surface area contributed by atoms with E-state index in [0.717, 1.165) is 12.8 Å². The van der Waals surface area contributed by atoms with Crippen LogP contribution in [-0.4, -0.2) is 10.7 Å². The first-order valence-corrected chi connectivity index (χ1v) is 6.95. The van der Waals surface area contributed by atoms with E-state index < -0.39 is 0 Å². The third kappa shape index (κ3) is 2.22. The predicted molar refractivity (Wildman–Crippen MR) is 63.8 cm³/mol. The van der Waals surface area contributed by atoms with E-state index in [9.17, 15) is 5.11 Å². The third-order valence-electron chi connectivity index (χ3n) is 4.75. The van der Waals surface area contributed by atoms with Gasteiger partial charge in [-0.2, -0.15) is 0 Å². The molecule has 0 aromatic carbocycles. The molecule has 2 rings (SSSR count). The highest BCUT2D eigenvalue weighted by Gasteiger charge is 2.65. The topological polar surface area (TPSA) is 20.2 Å². The maximum absolute atomic E-state index is 10.4. The van der Waals surface area contributed by atoms with Gasteiger partial charge >= 0.3 is 0 Å². The molecule has 0 spiro atoms. The van der Waals surface area contributed by atoms with Gasteiger partial charge in [-0.1, -0.05) is 51.9 Å². The fourth-order valence-electron chi connectivity index (χ4n) is 3.58. The second-order valence-electron chi connectivity index (χ2n) is 5.86. The van der Waals surface area contributed by atoms with Crippen LogP contribution in [-0.2, 0) is 0 Å². The van der Waals surface area contributed by atoms with Crippen molar-refractivity contribution in [2.24, 2.45) is 5.41 Å². The zero-order valence-corrected chi connectivity index (χ0v) is 10.2. The summed E-state index contributed by atoms with van der Waals surface area (Å²) in [7, 11) is 0. The number of hydrogen-bond donors (Lipinski definition) is 1. The predicted octanol–water partition coefficient (Wildman–Crippen LogP) is 4.04. The molecule has 88 valence electrons. The smallest absolute Gasteiger partial charge is 0.0711 e. The molecule has 0 radical (unpaired) electrons. The molecule has 1 nitrogen and oxygen atoms in total. The first kappa shape index (κ1) is 11.4. The SMILES string of the molecule is CCCCCC[C@@]12CCCCC[C@]1(O)C2. The number of fused-ring (bicyclic) bond motifs is 1. The molecule has 2 fully saturated rings. The van der Waals surface area contributed by atoms with Crippen molar-refractivity contribution in [3.05, 3.63) is 0 Å². The van der Waals surface area contributed by atoms with E-state index in [0.29, 0.717) is 5.41 Å². The Labute approximate surface area is 94.3 Å². The van der Waals surface area contributed by atoms with E-state index in [2.05, 4.69) is 6.92 Å². The first-order valence-electron chi connectivity index (χ1n) is 6.95. The molecule has 0 aliphatic heterocycles. The van der Waals surface area contributed by atoms with Crippen molar-refractivity contribution in [2.45, 2.75) is 83.2 Å². The zero-order chi connectivity index (χ0) is 10.8. The molecule has 0 saturated heterocycles. The Bertz CT molecular complexity index is 213. The van der Waals surface area contributed by atoms with Gasteiger partial charge in [0.05, 0.1) is 5.60 Å². The van der Waals surface area contributed by atoms with Gasteiger partial charge in [0.2, 0.25) is 0 Å². The molecule has 0 heterocycles. The summed E-state index contributed by atoms with van der Waals surface area (Å²) < 4.78 is 0. The molecular weight excluding hydrogens is 184 g/mol. The Hall–Kier alpha value is -0.0400. The van der Waals surface area contributed by atoms with Crippen molar-refractivity contribution >= 4 is 0 Å². The van der Waals surface area contributed by atoms with E-state index in [1.54, 1.807) is 0 Å². The average molecular weight is 210 g/mol. The van der Waals surface area contributed by atoms with Crippen LogP contribution in [0, 0.1) is 5.41 Å². The highest BCUT2D eigenvalue weighted by atomic mass is 16.3. The van der Waals surface area contributed by atoms with Gasteiger partial charge in [0, 0.05) is 5.41 Å². The number of aliphatic hydroxyl groups is 1. The summed E-state index contributed by atoms with van der Waals surface area (Å²) in [6.45, 7) is 2.26. The summed E-state index contributed by atoms with van der Waals surface area (Å²) in [5, 5.41) is 10.4. The summed E-state index contributed by atoms with van der Waals surface area (Å²) >= 11 is 0. The van der Waals surface area contributed by atoms with Gasteiger partial charge in [-0.25, -0.2) is 0 Å². The van der Waals surface area contributed by atoms with Crippen molar-refractivity contribution in [3.63, 3.8) is 0 Å². The fourth-order valence-corrected chi connectivity index (χ4v) is 3.58. The van der Waals surface area contributed by atoms with E-state index in [1.165, 1.54) is 57.8 Å². The second kappa shape index (κ2) is 4.45. The fraction of sp³-hybridized carbons (Fsp3) is 1.00. The lowest BCUT2D eigenvalue weighted by atomic mass is 9.89. The quantitative estimate of drug-likeness (QED) is 0.679. The summed E-state index contributed by atoms with van der Waals surface area (Å²) in [4.78, 5) is 0. The lowest BCUT2D eigenvalue weighted by molar-refractivity contribution is 0.0851. The Balaban J connectivity index is 1.79. The maximum Gasteiger partial charge on any atom is 0.0711 e. The van der Waals surface area contributed by atoms with Crippen LogP contribution in [0.2, 0.25) is 0 Å². The molecule has 15 heavy (non-hydrogen) atoms. The maximum atomic E-state index is 10.4. The van der Waals surface area contributed by atoms with Gasteiger partial charge < -0.3 is 5.11 Å². The number of rotatable bonds is 5. The van der Waals surface area contributed by atoms with Gasteiger partial charge in [0.15, 0.2) is 0 Å². The highest BCUT2D eigenvalue weighted by molar-refractivity contribution is 5.16. The zero-order valence-electron chi connectivity index (χ0n) is 10.2. The normalized spacial score (nSPS) is 39.6. The second-order valence-corrected chi connectivity index (χ2v) is 5.86. The average Bonchev–Trinajstić information content (AvgIpc) is 2.80. The van der Waals surface area contributed by atoms with Gasteiger partial charge in [-0.3, -0.25) is 0 Å². The molecule has 1 heteroatoms. The molecule has 0 aromatic rings. The molecule has 2 saturated carbocycles. The van der Waals surface area contributed by atoms with E-state index in [-0.39, 0.29) is 5.60 Å². The first-order chi connectivity index (χ1) is 7.22. The standard InChI is InChI=1S/C14H26O/c1-2-3-4-6-9-13-10-7-5-8-11-14(13,15)12-13/h15H,2-12H2,1H3/t13-,14-/m0/s1. The van der Waals surface area contributed by atoms with Crippen LogP contribution < -0.4 is 0 Å². The molecule has 0 amide bonds. The van der Waals surface area contributed by atoms with Crippen molar-refractivity contribution in [1.29, 1.82) is 0 Å². The Morgan fingerprint density at radius 3 is 2.60 bits per heavy atom. The number of unbranched alkanes of at least 4 members (excludes halogenated alkanes) is 3. The largest absolute Gasteiger partial charge is 0.389 e.